The third-order valence-electron chi connectivity index (χ3n) is 4.41. The van der Waals surface area contributed by atoms with Gasteiger partial charge in [0, 0.05) is 34.9 Å². The monoisotopic (exact) mass is 309 g/mol. The summed E-state index contributed by atoms with van der Waals surface area (Å²) >= 11 is 0. The average molecular weight is 309 g/mol. The SMILES string of the molecule is Nc1cc(N[C@H]2CC[C@H](O)C2)c2ccc(-c3ccn[nH]3)cc2n1. The molecule has 0 bridgehead atoms. The Labute approximate surface area is 133 Å². The maximum Gasteiger partial charge on any atom is 0.126 e. The van der Waals surface area contributed by atoms with Crippen LogP contribution in [0.15, 0.2) is 36.5 Å². The van der Waals surface area contributed by atoms with Crippen LogP contribution in [0.1, 0.15) is 19.3 Å². The van der Waals surface area contributed by atoms with Crippen molar-refractivity contribution in [2.24, 2.45) is 0 Å². The molecule has 3 aromatic rings. The number of H-pyrrole nitrogens is 1. The molecule has 0 radical (unpaired) electrons. The van der Waals surface area contributed by atoms with Gasteiger partial charge in [0.15, 0.2) is 0 Å². The van der Waals surface area contributed by atoms with Crippen LogP contribution in [0, 0.1) is 0 Å². The van der Waals surface area contributed by atoms with E-state index in [0.29, 0.717) is 5.82 Å². The van der Waals surface area contributed by atoms with E-state index in [2.05, 4.69) is 20.5 Å². The minimum absolute atomic E-state index is 0.204. The topological polar surface area (TPSA) is 99.9 Å². The van der Waals surface area contributed by atoms with Gasteiger partial charge >= 0.3 is 0 Å². The molecule has 0 unspecified atom stereocenters. The van der Waals surface area contributed by atoms with Gasteiger partial charge in [-0.15, -0.1) is 0 Å². The number of hydrogen-bond donors (Lipinski definition) is 4. The number of fused-ring (bicyclic) bond motifs is 1. The van der Waals surface area contributed by atoms with Crippen LogP contribution in [0.4, 0.5) is 11.5 Å². The second-order valence-corrected chi connectivity index (χ2v) is 6.11. The van der Waals surface area contributed by atoms with Gasteiger partial charge in [0.25, 0.3) is 0 Å². The molecule has 0 spiro atoms. The molecule has 1 aromatic carbocycles. The molecule has 1 aliphatic carbocycles. The highest BCUT2D eigenvalue weighted by atomic mass is 16.3. The van der Waals surface area contributed by atoms with E-state index >= 15 is 0 Å². The van der Waals surface area contributed by atoms with E-state index in [4.69, 9.17) is 5.73 Å². The molecule has 1 fully saturated rings. The number of aromatic nitrogens is 3. The molecule has 2 heterocycles. The van der Waals surface area contributed by atoms with Gasteiger partial charge in [-0.1, -0.05) is 12.1 Å². The molecule has 0 aliphatic heterocycles. The summed E-state index contributed by atoms with van der Waals surface area (Å²) in [4.78, 5) is 4.45. The number of hydrogen-bond acceptors (Lipinski definition) is 5. The number of nitrogens with zero attached hydrogens (tertiary/aromatic N) is 2. The fourth-order valence-electron chi connectivity index (χ4n) is 3.26. The lowest BCUT2D eigenvalue weighted by molar-refractivity contribution is 0.182. The van der Waals surface area contributed by atoms with Crippen molar-refractivity contribution in [3.63, 3.8) is 0 Å². The number of benzene rings is 1. The number of nitrogens with two attached hydrogens (primary N) is 1. The fourth-order valence-corrected chi connectivity index (χ4v) is 3.26. The Morgan fingerprint density at radius 2 is 2.13 bits per heavy atom. The summed E-state index contributed by atoms with van der Waals surface area (Å²) in [6, 6.07) is 10.2. The third-order valence-corrected chi connectivity index (χ3v) is 4.41. The molecule has 118 valence electrons. The molecule has 0 saturated heterocycles. The number of aliphatic hydroxyl groups is 1. The van der Waals surface area contributed by atoms with Crippen LogP contribution in [0.5, 0.6) is 0 Å². The molecule has 5 N–H and O–H groups in total. The Hall–Kier alpha value is -2.60. The Bertz CT molecular complexity index is 830. The minimum Gasteiger partial charge on any atom is -0.393 e. The molecular formula is C17H19N5O. The molecule has 0 amide bonds. The van der Waals surface area contributed by atoms with Crippen LogP contribution >= 0.6 is 0 Å². The van der Waals surface area contributed by atoms with Crippen molar-refractivity contribution < 1.29 is 5.11 Å². The Morgan fingerprint density at radius 3 is 2.87 bits per heavy atom. The first-order valence-corrected chi connectivity index (χ1v) is 7.83. The van der Waals surface area contributed by atoms with Gasteiger partial charge in [0.2, 0.25) is 0 Å². The highest BCUT2D eigenvalue weighted by Gasteiger charge is 2.23. The summed E-state index contributed by atoms with van der Waals surface area (Å²) in [6.45, 7) is 0. The highest BCUT2D eigenvalue weighted by Crippen LogP contribution is 2.31. The van der Waals surface area contributed by atoms with Gasteiger partial charge in [-0.05, 0) is 31.4 Å². The highest BCUT2D eigenvalue weighted by molar-refractivity contribution is 5.95. The minimum atomic E-state index is -0.204. The van der Waals surface area contributed by atoms with Crippen LogP contribution in [0.2, 0.25) is 0 Å². The van der Waals surface area contributed by atoms with Gasteiger partial charge in [0.05, 0.1) is 17.3 Å². The molecular weight excluding hydrogens is 290 g/mol. The van der Waals surface area contributed by atoms with Crippen molar-refractivity contribution in [3.05, 3.63) is 36.5 Å². The van der Waals surface area contributed by atoms with Crippen molar-refractivity contribution in [1.82, 2.24) is 15.2 Å². The van der Waals surface area contributed by atoms with Gasteiger partial charge < -0.3 is 16.2 Å². The largest absolute Gasteiger partial charge is 0.393 e. The molecule has 4 rings (SSSR count). The first kappa shape index (κ1) is 14.0. The number of nitrogen functional groups attached to an aromatic ring is 1. The maximum absolute atomic E-state index is 9.70. The van der Waals surface area contributed by atoms with Crippen molar-refractivity contribution >= 4 is 22.4 Å². The van der Waals surface area contributed by atoms with E-state index < -0.39 is 0 Å². The van der Waals surface area contributed by atoms with Gasteiger partial charge in [-0.25, -0.2) is 4.98 Å². The zero-order valence-corrected chi connectivity index (χ0v) is 12.7. The van der Waals surface area contributed by atoms with Gasteiger partial charge in [0.1, 0.15) is 5.82 Å². The molecule has 6 heteroatoms. The number of nitrogens with one attached hydrogen (secondary N) is 2. The van der Waals surface area contributed by atoms with E-state index in [1.807, 2.05) is 30.3 Å². The van der Waals surface area contributed by atoms with Crippen LogP contribution < -0.4 is 11.1 Å². The van der Waals surface area contributed by atoms with E-state index in [9.17, 15) is 5.11 Å². The lowest BCUT2D eigenvalue weighted by Gasteiger charge is -2.16. The van der Waals surface area contributed by atoms with Gasteiger partial charge in [-0.3, -0.25) is 5.10 Å². The number of aliphatic hydroxyl groups excluding tert-OH is 1. The predicted octanol–water partition coefficient (Wildman–Crippen LogP) is 2.53. The number of pyridine rings is 1. The maximum atomic E-state index is 9.70. The van der Waals surface area contributed by atoms with E-state index in [1.165, 1.54) is 0 Å². The normalized spacial score (nSPS) is 20.9. The number of rotatable bonds is 3. The van der Waals surface area contributed by atoms with E-state index in [0.717, 1.165) is 47.1 Å². The van der Waals surface area contributed by atoms with Crippen molar-refractivity contribution in [2.75, 3.05) is 11.1 Å². The second kappa shape index (κ2) is 5.55. The Morgan fingerprint density at radius 1 is 1.22 bits per heavy atom. The van der Waals surface area contributed by atoms with E-state index in [-0.39, 0.29) is 12.1 Å². The molecule has 6 nitrogen and oxygen atoms in total. The number of anilines is 2. The summed E-state index contributed by atoms with van der Waals surface area (Å²) < 4.78 is 0. The zero-order valence-electron chi connectivity index (χ0n) is 12.7. The lowest BCUT2D eigenvalue weighted by Crippen LogP contribution is -2.17. The first-order valence-electron chi connectivity index (χ1n) is 7.83. The standard InChI is InChI=1S/C17H19N5O/c18-17-9-16(20-11-2-3-12(23)8-11)13-4-1-10(7-15(13)21-17)14-5-6-19-22-14/h1,4-7,9,11-12,23H,2-3,8H2,(H,19,22)(H3,18,20,21)/t11-,12-/m0/s1. The summed E-state index contributed by atoms with van der Waals surface area (Å²) in [5.41, 5.74) is 9.77. The Kier molecular flexibility index (Phi) is 3.38. The van der Waals surface area contributed by atoms with Crippen LogP contribution in [-0.4, -0.2) is 32.4 Å². The van der Waals surface area contributed by atoms with E-state index in [1.54, 1.807) is 6.20 Å². The summed E-state index contributed by atoms with van der Waals surface area (Å²) in [6.07, 6.45) is 4.11. The third kappa shape index (κ3) is 2.73. The molecule has 2 atom stereocenters. The van der Waals surface area contributed by atoms with Crippen molar-refractivity contribution in [1.29, 1.82) is 0 Å². The average Bonchev–Trinajstić information content (AvgIpc) is 3.18. The number of aromatic amines is 1. The smallest absolute Gasteiger partial charge is 0.126 e. The first-order chi connectivity index (χ1) is 11.2. The predicted molar refractivity (Wildman–Crippen MR) is 91.0 cm³/mol. The quantitative estimate of drug-likeness (QED) is 0.596. The van der Waals surface area contributed by atoms with Crippen LogP contribution in [0.3, 0.4) is 0 Å². The molecule has 2 aromatic heterocycles. The molecule has 1 saturated carbocycles. The second-order valence-electron chi connectivity index (χ2n) is 6.11. The zero-order chi connectivity index (χ0) is 15.8. The Balaban J connectivity index is 1.73. The van der Waals surface area contributed by atoms with Crippen LogP contribution in [0.25, 0.3) is 22.2 Å². The van der Waals surface area contributed by atoms with Crippen molar-refractivity contribution in [3.8, 4) is 11.3 Å². The molecule has 1 aliphatic rings. The lowest BCUT2D eigenvalue weighted by atomic mass is 10.1. The molecule has 23 heavy (non-hydrogen) atoms. The summed E-state index contributed by atoms with van der Waals surface area (Å²) in [5, 5.41) is 21.2. The van der Waals surface area contributed by atoms with Crippen LogP contribution in [-0.2, 0) is 0 Å². The summed E-state index contributed by atoms with van der Waals surface area (Å²) in [7, 11) is 0. The van der Waals surface area contributed by atoms with Crippen molar-refractivity contribution in [2.45, 2.75) is 31.4 Å². The van der Waals surface area contributed by atoms with Gasteiger partial charge in [-0.2, -0.15) is 5.10 Å². The summed E-state index contributed by atoms with van der Waals surface area (Å²) in [5.74, 6) is 0.486. The fraction of sp³-hybridized carbons (Fsp3) is 0.294.